The van der Waals surface area contributed by atoms with Crippen molar-refractivity contribution in [2.45, 2.75) is 32.2 Å². The van der Waals surface area contributed by atoms with E-state index in [2.05, 4.69) is 31.0 Å². The van der Waals surface area contributed by atoms with Gasteiger partial charge in [-0.05, 0) is 53.4 Å². The summed E-state index contributed by atoms with van der Waals surface area (Å²) in [4.78, 5) is 41.5. The second-order valence-corrected chi connectivity index (χ2v) is 15.4. The molecular formula is C39H43N7O9S. The van der Waals surface area contributed by atoms with Crippen LogP contribution in [0.2, 0.25) is 0 Å². The zero-order valence-electron chi connectivity index (χ0n) is 31.5. The molecule has 1 aromatic heterocycles. The van der Waals surface area contributed by atoms with Gasteiger partial charge in [0.25, 0.3) is 5.91 Å². The van der Waals surface area contributed by atoms with E-state index >= 15 is 0 Å². The molecule has 0 saturated carbocycles. The number of hydrogen-bond donors (Lipinski definition) is 7. The molecule has 0 aliphatic carbocycles. The van der Waals surface area contributed by atoms with E-state index in [0.29, 0.717) is 39.5 Å². The number of pyridine rings is 1. The van der Waals surface area contributed by atoms with Gasteiger partial charge in [0.15, 0.2) is 5.75 Å². The highest BCUT2D eigenvalue weighted by Gasteiger charge is 2.23. The summed E-state index contributed by atoms with van der Waals surface area (Å²) in [6, 6.07) is 20.5. The van der Waals surface area contributed by atoms with Gasteiger partial charge in [-0.2, -0.15) is 0 Å². The summed E-state index contributed by atoms with van der Waals surface area (Å²) in [7, 11) is -0.862. The van der Waals surface area contributed by atoms with Crippen LogP contribution in [0.25, 0.3) is 10.8 Å². The van der Waals surface area contributed by atoms with E-state index in [1.165, 1.54) is 20.3 Å². The largest absolute Gasteiger partial charge is 0.496 e. The van der Waals surface area contributed by atoms with Gasteiger partial charge in [0.1, 0.15) is 29.1 Å². The van der Waals surface area contributed by atoms with Gasteiger partial charge in [-0.25, -0.2) is 18.2 Å². The summed E-state index contributed by atoms with van der Waals surface area (Å²) >= 11 is 0. The topological polar surface area (TPSA) is 232 Å². The van der Waals surface area contributed by atoms with Gasteiger partial charge < -0.3 is 46.3 Å². The van der Waals surface area contributed by atoms with Crippen molar-refractivity contribution >= 4 is 67.3 Å². The number of benzene rings is 4. The van der Waals surface area contributed by atoms with Gasteiger partial charge in [-0.1, -0.05) is 45.0 Å². The highest BCUT2D eigenvalue weighted by atomic mass is 32.2. The van der Waals surface area contributed by atoms with Crippen LogP contribution in [0.5, 0.6) is 23.0 Å². The van der Waals surface area contributed by atoms with Crippen LogP contribution in [0.4, 0.5) is 33.4 Å². The number of amides is 3. The SMILES string of the molecule is COc1cc(Nc2cc(Oc3ccc(NC(=O)Nc4cc(C(C)(C)C)cc(NS(C)(=O)=O)c4OC)c4ccccc34)ccn2)ccc1C(=O)NC[C@@H](N)C(=O)O. The molecular weight excluding hydrogens is 743 g/mol. The maximum Gasteiger partial charge on any atom is 0.323 e. The van der Waals surface area contributed by atoms with Crippen molar-refractivity contribution in [3.8, 4) is 23.0 Å². The summed E-state index contributed by atoms with van der Waals surface area (Å²) in [6.45, 7) is 5.65. The second kappa shape index (κ2) is 16.8. The van der Waals surface area contributed by atoms with Crippen LogP contribution in [0, 0.1) is 0 Å². The molecule has 4 aromatic carbocycles. The Hall–Kier alpha value is -6.59. The molecule has 8 N–H and O–H groups in total. The van der Waals surface area contributed by atoms with E-state index in [-0.39, 0.29) is 40.4 Å². The number of fused-ring (bicyclic) bond motifs is 1. The van der Waals surface area contributed by atoms with Crippen LogP contribution >= 0.6 is 0 Å². The van der Waals surface area contributed by atoms with Crippen LogP contribution in [0.15, 0.2) is 85.1 Å². The number of nitrogens with one attached hydrogen (secondary N) is 5. The molecule has 0 aliphatic rings. The fraction of sp³-hybridized carbons (Fsp3) is 0.231. The first-order valence-corrected chi connectivity index (χ1v) is 19.0. The minimum atomic E-state index is -3.66. The van der Waals surface area contributed by atoms with E-state index in [1.54, 1.807) is 54.7 Å². The number of nitrogens with two attached hydrogens (primary N) is 1. The molecule has 0 fully saturated rings. The summed E-state index contributed by atoms with van der Waals surface area (Å²) in [6.07, 6.45) is 2.60. The predicted octanol–water partition coefficient (Wildman–Crippen LogP) is 6.24. The number of aromatic nitrogens is 1. The van der Waals surface area contributed by atoms with Crippen LogP contribution in [-0.2, 0) is 20.2 Å². The smallest absolute Gasteiger partial charge is 0.323 e. The molecule has 294 valence electrons. The van der Waals surface area contributed by atoms with Crippen molar-refractivity contribution in [1.82, 2.24) is 10.3 Å². The summed E-state index contributed by atoms with van der Waals surface area (Å²) in [5.74, 6) is -0.0120. The number of nitrogens with zero attached hydrogens (tertiary/aromatic N) is 1. The highest BCUT2D eigenvalue weighted by Crippen LogP contribution is 2.40. The van der Waals surface area contributed by atoms with E-state index in [0.717, 1.165) is 11.8 Å². The lowest BCUT2D eigenvalue weighted by Crippen LogP contribution is -2.42. The van der Waals surface area contributed by atoms with Crippen molar-refractivity contribution in [3.63, 3.8) is 0 Å². The maximum absolute atomic E-state index is 13.5. The second-order valence-electron chi connectivity index (χ2n) is 13.6. The van der Waals surface area contributed by atoms with Crippen LogP contribution in [0.3, 0.4) is 0 Å². The normalized spacial score (nSPS) is 11.9. The summed E-state index contributed by atoms with van der Waals surface area (Å²) < 4.78 is 44.0. The number of aliphatic carboxylic acids is 1. The van der Waals surface area contributed by atoms with Gasteiger partial charge in [0, 0.05) is 41.3 Å². The lowest BCUT2D eigenvalue weighted by molar-refractivity contribution is -0.138. The standard InChI is InChI=1S/C39H43N7O9S/c1-39(2,3)22-17-30(35(54-5)31(18-22)46-56(6,51)52)45-38(50)44-29-13-14-32(26-10-8-7-9-25(26)29)55-24-15-16-41-34(20-24)43-23-11-12-27(33(19-23)53-4)36(47)42-21-28(40)37(48)49/h7-20,28,46H,21,40H2,1-6H3,(H,41,43)(H,42,47)(H,48,49)(H2,44,45,50)/t28-/m1/s1. The number of anilines is 5. The minimum absolute atomic E-state index is 0.150. The van der Waals surface area contributed by atoms with Crippen LogP contribution in [0.1, 0.15) is 36.7 Å². The zero-order chi connectivity index (χ0) is 40.8. The molecule has 1 heterocycles. The van der Waals surface area contributed by atoms with Crippen molar-refractivity contribution in [1.29, 1.82) is 0 Å². The lowest BCUT2D eigenvalue weighted by Gasteiger charge is -2.24. The Morgan fingerprint density at radius 1 is 0.857 bits per heavy atom. The molecule has 0 unspecified atom stereocenters. The van der Waals surface area contributed by atoms with Crippen molar-refractivity contribution < 1.29 is 42.1 Å². The third kappa shape index (κ3) is 10.1. The molecule has 0 bridgehead atoms. The van der Waals surface area contributed by atoms with E-state index in [4.69, 9.17) is 25.1 Å². The Morgan fingerprint density at radius 3 is 2.21 bits per heavy atom. The number of urea groups is 1. The fourth-order valence-corrected chi connectivity index (χ4v) is 6.11. The van der Waals surface area contributed by atoms with E-state index < -0.39 is 34.0 Å². The van der Waals surface area contributed by atoms with Gasteiger partial charge in [-0.15, -0.1) is 0 Å². The molecule has 0 saturated heterocycles. The molecule has 56 heavy (non-hydrogen) atoms. The Balaban J connectivity index is 1.34. The molecule has 0 radical (unpaired) electrons. The molecule has 5 rings (SSSR count). The number of carboxylic acid groups (broad SMARTS) is 1. The van der Waals surface area contributed by atoms with Crippen LogP contribution in [-0.4, -0.2) is 69.5 Å². The molecule has 16 nitrogen and oxygen atoms in total. The van der Waals surface area contributed by atoms with E-state index in [9.17, 15) is 22.8 Å². The maximum atomic E-state index is 13.5. The number of methoxy groups -OCH3 is 2. The third-order valence-corrected chi connectivity index (χ3v) is 8.90. The number of carbonyl (C=O) groups is 3. The monoisotopic (exact) mass is 785 g/mol. The number of hydrogen-bond acceptors (Lipinski definition) is 11. The van der Waals surface area contributed by atoms with Crippen LogP contribution < -0.4 is 45.9 Å². The predicted molar refractivity (Wildman–Crippen MR) is 215 cm³/mol. The highest BCUT2D eigenvalue weighted by molar-refractivity contribution is 7.92. The lowest BCUT2D eigenvalue weighted by atomic mass is 9.86. The Labute approximate surface area is 323 Å². The van der Waals surface area contributed by atoms with Gasteiger partial charge in [0.2, 0.25) is 10.0 Å². The molecule has 3 amide bonds. The van der Waals surface area contributed by atoms with Gasteiger partial charge in [-0.3, -0.25) is 14.3 Å². The molecule has 0 spiro atoms. The van der Waals surface area contributed by atoms with E-state index in [1.807, 2.05) is 45.0 Å². The molecule has 5 aromatic rings. The molecule has 1 atom stereocenters. The third-order valence-electron chi connectivity index (χ3n) is 8.31. The average Bonchev–Trinajstić information content (AvgIpc) is 3.13. The molecule has 0 aliphatic heterocycles. The number of sulfonamides is 1. The van der Waals surface area contributed by atoms with Gasteiger partial charge in [0.05, 0.1) is 43.1 Å². The first-order chi connectivity index (χ1) is 26.4. The fourth-order valence-electron chi connectivity index (χ4n) is 5.56. The number of ether oxygens (including phenoxy) is 3. The van der Waals surface area contributed by atoms with Crippen molar-refractivity contribution in [2.24, 2.45) is 5.73 Å². The minimum Gasteiger partial charge on any atom is -0.496 e. The first-order valence-electron chi connectivity index (χ1n) is 17.1. The Kier molecular flexibility index (Phi) is 12.2. The molecule has 17 heteroatoms. The average molecular weight is 786 g/mol. The van der Waals surface area contributed by atoms with Gasteiger partial charge >= 0.3 is 12.0 Å². The number of carbonyl (C=O) groups excluding carboxylic acids is 2. The number of carboxylic acids is 1. The van der Waals surface area contributed by atoms with Crippen molar-refractivity contribution in [2.75, 3.05) is 47.7 Å². The quantitative estimate of drug-likeness (QED) is 0.0663. The Morgan fingerprint density at radius 2 is 1.55 bits per heavy atom. The summed E-state index contributed by atoms with van der Waals surface area (Å²) in [5, 5.41) is 21.7. The first kappa shape index (κ1) is 40.6. The number of rotatable bonds is 14. The van der Waals surface area contributed by atoms with Crippen molar-refractivity contribution in [3.05, 3.63) is 96.2 Å². The zero-order valence-corrected chi connectivity index (χ0v) is 32.3. The summed E-state index contributed by atoms with van der Waals surface area (Å²) in [5.41, 5.74) is 7.56. The Bertz CT molecular complexity index is 2400.